The Morgan fingerprint density at radius 1 is 1.00 bits per heavy atom. The summed E-state index contributed by atoms with van der Waals surface area (Å²) in [4.78, 5) is 40.8. The summed E-state index contributed by atoms with van der Waals surface area (Å²) in [7, 11) is 0. The van der Waals surface area contributed by atoms with Crippen LogP contribution in [0.3, 0.4) is 0 Å². The van der Waals surface area contributed by atoms with Crippen LogP contribution in [-0.4, -0.2) is 50.1 Å². The van der Waals surface area contributed by atoms with E-state index in [-0.39, 0.29) is 30.2 Å². The van der Waals surface area contributed by atoms with Crippen molar-refractivity contribution < 1.29 is 37.1 Å². The molecule has 0 fully saturated rings. The van der Waals surface area contributed by atoms with Gasteiger partial charge in [-0.25, -0.2) is 4.79 Å². The van der Waals surface area contributed by atoms with Crippen LogP contribution in [0.5, 0.6) is 0 Å². The van der Waals surface area contributed by atoms with E-state index in [1.54, 1.807) is 27.7 Å². The van der Waals surface area contributed by atoms with Gasteiger partial charge < -0.3 is 14.8 Å². The molecular weight excluding hydrogens is 565 g/mol. The maximum atomic E-state index is 13.8. The average Bonchev–Trinajstić information content (AvgIpc) is 3.42. The van der Waals surface area contributed by atoms with Gasteiger partial charge in [-0.15, -0.1) is 10.2 Å². The molecule has 0 aliphatic carbocycles. The van der Waals surface area contributed by atoms with E-state index >= 15 is 0 Å². The first-order valence-corrected chi connectivity index (χ1v) is 14.1. The number of nitrogens with one attached hydrogen (secondary N) is 1. The van der Waals surface area contributed by atoms with Gasteiger partial charge >= 0.3 is 12.3 Å². The SMILES string of the molecule is CCCC(C)(C)[C@@H](C(=O)C(=O)N[C@H](C)c1ccccc1)N(C(=O)O)[C@@H](CC)Cc1nnc(-c2ccc(C(F)(F)F)cc2)o1. The van der Waals surface area contributed by atoms with Gasteiger partial charge in [0.2, 0.25) is 17.6 Å². The molecule has 0 saturated carbocycles. The highest BCUT2D eigenvalue weighted by molar-refractivity contribution is 6.38. The number of rotatable bonds is 13. The summed E-state index contributed by atoms with van der Waals surface area (Å²) in [5.74, 6) is -1.77. The molecule has 0 bridgehead atoms. The van der Waals surface area contributed by atoms with Crippen LogP contribution >= 0.6 is 0 Å². The van der Waals surface area contributed by atoms with Gasteiger partial charge in [0.1, 0.15) is 6.04 Å². The molecule has 0 radical (unpaired) electrons. The number of amides is 2. The number of hydrogen-bond acceptors (Lipinski definition) is 6. The maximum absolute atomic E-state index is 13.8. The molecular formula is C31H37F3N4O5. The Hall–Kier alpha value is -4.22. The lowest BCUT2D eigenvalue weighted by molar-refractivity contribution is -0.144. The highest BCUT2D eigenvalue weighted by Gasteiger charge is 2.46. The maximum Gasteiger partial charge on any atom is 0.416 e. The zero-order valence-electron chi connectivity index (χ0n) is 24.8. The molecule has 2 N–H and O–H groups in total. The lowest BCUT2D eigenvalue weighted by Crippen LogP contribution is -2.60. The summed E-state index contributed by atoms with van der Waals surface area (Å²) in [5.41, 5.74) is -0.691. The van der Waals surface area contributed by atoms with Crippen LogP contribution in [0.1, 0.15) is 76.9 Å². The monoisotopic (exact) mass is 602 g/mol. The van der Waals surface area contributed by atoms with Gasteiger partial charge in [0.15, 0.2) is 0 Å². The minimum absolute atomic E-state index is 0.0336. The Bertz CT molecular complexity index is 1390. The summed E-state index contributed by atoms with van der Waals surface area (Å²) in [6, 6.07) is 10.6. The van der Waals surface area contributed by atoms with Crippen LogP contribution in [0.2, 0.25) is 0 Å². The predicted molar refractivity (Wildman–Crippen MR) is 153 cm³/mol. The Balaban J connectivity index is 1.90. The first-order chi connectivity index (χ1) is 20.2. The van der Waals surface area contributed by atoms with Gasteiger partial charge in [-0.1, -0.05) is 64.4 Å². The van der Waals surface area contributed by atoms with E-state index in [0.717, 1.165) is 22.6 Å². The number of carbonyl (C=O) groups excluding carboxylic acids is 2. The van der Waals surface area contributed by atoms with Crippen molar-refractivity contribution in [2.45, 2.75) is 84.6 Å². The molecule has 1 aromatic heterocycles. The molecule has 0 unspecified atom stereocenters. The Morgan fingerprint density at radius 2 is 1.63 bits per heavy atom. The summed E-state index contributed by atoms with van der Waals surface area (Å²) < 4.78 is 44.5. The molecule has 3 aromatic rings. The predicted octanol–water partition coefficient (Wildman–Crippen LogP) is 6.70. The number of aromatic nitrogens is 2. The van der Waals surface area contributed by atoms with Gasteiger partial charge in [-0.2, -0.15) is 13.2 Å². The van der Waals surface area contributed by atoms with Crippen molar-refractivity contribution in [3.63, 3.8) is 0 Å². The molecule has 9 nitrogen and oxygen atoms in total. The van der Waals surface area contributed by atoms with Crippen molar-refractivity contribution in [1.82, 2.24) is 20.4 Å². The minimum Gasteiger partial charge on any atom is -0.465 e. The van der Waals surface area contributed by atoms with E-state index in [1.807, 2.05) is 37.3 Å². The van der Waals surface area contributed by atoms with Gasteiger partial charge in [0.05, 0.1) is 11.6 Å². The van der Waals surface area contributed by atoms with Crippen LogP contribution in [0, 0.1) is 5.41 Å². The first-order valence-electron chi connectivity index (χ1n) is 14.1. The molecule has 2 amide bonds. The topological polar surface area (TPSA) is 126 Å². The Kier molecular flexibility index (Phi) is 10.7. The summed E-state index contributed by atoms with van der Waals surface area (Å²) in [6.45, 7) is 8.89. The van der Waals surface area contributed by atoms with Gasteiger partial charge in [-0.05, 0) is 55.0 Å². The molecule has 43 heavy (non-hydrogen) atoms. The molecule has 12 heteroatoms. The molecule has 3 rings (SSSR count). The van der Waals surface area contributed by atoms with Crippen molar-refractivity contribution in [3.8, 4) is 11.5 Å². The number of Topliss-reactive ketones (excluding diaryl/α,β-unsaturated/α-hetero) is 1. The fourth-order valence-corrected chi connectivity index (χ4v) is 5.23. The van der Waals surface area contributed by atoms with Gasteiger partial charge in [0.25, 0.3) is 5.91 Å². The third-order valence-electron chi connectivity index (χ3n) is 7.45. The second-order valence-corrected chi connectivity index (χ2v) is 11.1. The van der Waals surface area contributed by atoms with Crippen LogP contribution in [-0.2, 0) is 22.2 Å². The molecule has 0 spiro atoms. The third kappa shape index (κ3) is 8.20. The normalized spacial score (nSPS) is 14.0. The van der Waals surface area contributed by atoms with Crippen LogP contribution < -0.4 is 5.32 Å². The van der Waals surface area contributed by atoms with E-state index in [4.69, 9.17) is 4.42 Å². The zero-order chi connectivity index (χ0) is 31.9. The summed E-state index contributed by atoms with van der Waals surface area (Å²) in [5, 5.41) is 21.0. The lowest BCUT2D eigenvalue weighted by atomic mass is 9.76. The highest BCUT2D eigenvalue weighted by Crippen LogP contribution is 2.35. The molecule has 3 atom stereocenters. The van der Waals surface area contributed by atoms with E-state index in [1.165, 1.54) is 12.1 Å². The Labute approximate surface area is 248 Å². The van der Waals surface area contributed by atoms with E-state index in [2.05, 4.69) is 15.5 Å². The molecule has 232 valence electrons. The van der Waals surface area contributed by atoms with E-state index in [0.29, 0.717) is 12.8 Å². The van der Waals surface area contributed by atoms with Crippen molar-refractivity contribution in [3.05, 3.63) is 71.6 Å². The fraction of sp³-hybridized carbons (Fsp3) is 0.452. The van der Waals surface area contributed by atoms with Crippen LogP contribution in [0.15, 0.2) is 59.0 Å². The number of nitrogens with zero attached hydrogens (tertiary/aromatic N) is 3. The second kappa shape index (κ2) is 13.8. The van der Waals surface area contributed by atoms with E-state index in [9.17, 15) is 32.7 Å². The van der Waals surface area contributed by atoms with Crippen molar-refractivity contribution in [1.29, 1.82) is 0 Å². The number of halogens is 3. The lowest BCUT2D eigenvalue weighted by Gasteiger charge is -2.42. The second-order valence-electron chi connectivity index (χ2n) is 11.1. The van der Waals surface area contributed by atoms with Gasteiger partial charge in [-0.3, -0.25) is 14.5 Å². The summed E-state index contributed by atoms with van der Waals surface area (Å²) >= 11 is 0. The molecule has 0 aliphatic rings. The van der Waals surface area contributed by atoms with Crippen molar-refractivity contribution in [2.75, 3.05) is 0 Å². The quantitative estimate of drug-likeness (QED) is 0.209. The largest absolute Gasteiger partial charge is 0.465 e. The smallest absolute Gasteiger partial charge is 0.416 e. The van der Waals surface area contributed by atoms with Gasteiger partial charge in [0, 0.05) is 18.0 Å². The zero-order valence-corrected chi connectivity index (χ0v) is 24.8. The number of hydrogen-bond donors (Lipinski definition) is 2. The standard InChI is InChI=1S/C31H37F3N4O5/c1-6-17-30(4,5)26(25(39)27(40)35-19(3)20-11-9-8-10-12-20)38(29(41)42)23(7-2)18-24-36-37-28(43-24)21-13-15-22(16-14-21)31(32,33)34/h8-16,19,23,26H,6-7,17-18H2,1-5H3,(H,35,40)(H,41,42)/t19-,23+,26-/m1/s1. The van der Waals surface area contributed by atoms with E-state index < -0.39 is 53.1 Å². The molecule has 1 heterocycles. The first kappa shape index (κ1) is 33.3. The Morgan fingerprint density at radius 3 is 2.16 bits per heavy atom. The molecule has 2 aromatic carbocycles. The van der Waals surface area contributed by atoms with Crippen molar-refractivity contribution >= 4 is 17.8 Å². The number of benzene rings is 2. The average molecular weight is 603 g/mol. The minimum atomic E-state index is -4.50. The van der Waals surface area contributed by atoms with Crippen molar-refractivity contribution in [2.24, 2.45) is 5.41 Å². The number of carboxylic acid groups (broad SMARTS) is 1. The molecule has 0 saturated heterocycles. The van der Waals surface area contributed by atoms with Crippen LogP contribution in [0.4, 0.5) is 18.0 Å². The number of ketones is 1. The highest BCUT2D eigenvalue weighted by atomic mass is 19.4. The third-order valence-corrected chi connectivity index (χ3v) is 7.45. The fourth-order valence-electron chi connectivity index (χ4n) is 5.23. The number of alkyl halides is 3. The van der Waals surface area contributed by atoms with Crippen LogP contribution in [0.25, 0.3) is 11.5 Å². The molecule has 0 aliphatic heterocycles. The summed E-state index contributed by atoms with van der Waals surface area (Å²) in [6.07, 6.45) is -4.61. The number of carbonyl (C=O) groups is 3.